The number of allylic oxidation sites excluding steroid dienone is 12. The van der Waals surface area contributed by atoms with Gasteiger partial charge in [0.25, 0.3) is 0 Å². The Balaban J connectivity index is 0.000000117. The highest BCUT2D eigenvalue weighted by Crippen LogP contribution is 2.61. The first-order valence-electron chi connectivity index (χ1n) is 41.2. The average Bonchev–Trinajstić information content (AvgIpc) is 1.57. The van der Waals surface area contributed by atoms with Crippen molar-refractivity contribution in [2.45, 2.75) is 165 Å². The minimum Gasteiger partial charge on any atom is -0.367 e. The molecule has 6 saturated heterocycles. The van der Waals surface area contributed by atoms with E-state index in [-0.39, 0.29) is 257 Å². The molecule has 6 aliphatic heterocycles. The highest BCUT2D eigenvalue weighted by Gasteiger charge is 2.66. The van der Waals surface area contributed by atoms with E-state index in [1.807, 2.05) is 24.3 Å². The Labute approximate surface area is 655 Å². The Morgan fingerprint density at radius 1 is 0.232 bits per heavy atom. The molecule has 18 aliphatic rings. The van der Waals surface area contributed by atoms with Crippen molar-refractivity contribution >= 4 is 122 Å². The van der Waals surface area contributed by atoms with Crippen LogP contribution in [0.2, 0.25) is 0 Å². The van der Waals surface area contributed by atoms with E-state index >= 15 is 0 Å². The summed E-state index contributed by atoms with van der Waals surface area (Å²) in [7, 11) is 0. The summed E-state index contributed by atoms with van der Waals surface area (Å²) in [5.41, 5.74) is 5.22. The summed E-state index contributed by atoms with van der Waals surface area (Å²) in [6.07, 6.45) is 30.3. The van der Waals surface area contributed by atoms with Crippen molar-refractivity contribution < 1.29 is 57.5 Å². The summed E-state index contributed by atoms with van der Waals surface area (Å²) in [4.78, 5) is 178. The van der Waals surface area contributed by atoms with Crippen molar-refractivity contribution in [2.24, 2.45) is 142 Å². The Hall–Kier alpha value is -9.66. The molecule has 21 rings (SSSR count). The van der Waals surface area contributed by atoms with Gasteiger partial charge < -0.3 is 14.7 Å². The van der Waals surface area contributed by atoms with Crippen molar-refractivity contribution in [1.29, 1.82) is 0 Å². The molecule has 6 saturated carbocycles. The maximum absolute atomic E-state index is 13.8. The summed E-state index contributed by atoms with van der Waals surface area (Å²) in [6.45, 7) is 25.0. The van der Waals surface area contributed by atoms with E-state index in [1.165, 1.54) is 29.4 Å². The average molecular weight is 1510 g/mol. The Bertz CT molecular complexity index is 4590. The van der Waals surface area contributed by atoms with Crippen LogP contribution < -0.4 is 44.1 Å². The third-order valence-corrected chi connectivity index (χ3v) is 29.3. The van der Waals surface area contributed by atoms with E-state index in [9.17, 15) is 57.5 Å². The quantitative estimate of drug-likeness (QED) is 0.102. The fourth-order valence-corrected chi connectivity index (χ4v) is 25.5. The molecule has 584 valence electrons. The highest BCUT2D eigenvalue weighted by molar-refractivity contribution is 6.29. The summed E-state index contributed by atoms with van der Waals surface area (Å²) in [6, 6.07) is 16.9. The molecule has 0 radical (unpaired) electrons. The van der Waals surface area contributed by atoms with Crippen molar-refractivity contribution in [3.63, 3.8) is 0 Å². The number of rotatable bonds is 15. The van der Waals surface area contributed by atoms with Gasteiger partial charge >= 0.3 is 0 Å². The fourth-order valence-electron chi connectivity index (χ4n) is 25.5. The molecule has 3 aromatic carbocycles. The smallest absolute Gasteiger partial charge is 0.238 e. The number of benzene rings is 3. The van der Waals surface area contributed by atoms with Gasteiger partial charge in [-0.2, -0.15) is 0 Å². The first-order chi connectivity index (χ1) is 53.0. The lowest BCUT2D eigenvalue weighted by atomic mass is 9.85. The zero-order valence-corrected chi connectivity index (χ0v) is 65.1. The van der Waals surface area contributed by atoms with Gasteiger partial charge in [0.05, 0.1) is 117 Å². The molecule has 0 aromatic heterocycles. The monoisotopic (exact) mass is 1510 g/mol. The lowest BCUT2D eigenvalue weighted by Crippen LogP contribution is -2.40. The molecule has 112 heavy (non-hydrogen) atoms. The second-order valence-corrected chi connectivity index (χ2v) is 36.9. The standard InChI is InChI=1S/3C30H33N3O4.CH4/c1-14(2)31(15(3)4)20-11-21(32-27(34)23-16-5-6-17(9-16)24(23)28(32)35)13-22(12-20)33-29(36)25-18-7-8-19(10-18)26(25)30(33)37;1-14(2)31(15(3)4)22-13-20(32-27(34)23-16-5-6-17(11-16)24(23)28(32)35)9-10-21(22)33-29(36)25-18-7-8-19(12-18)26(25)30(33)37;1-14(2)31(15(3)4)21-10-9-20(32-27(34)23-16-5-6-17(11-16)24(23)28(32)35)13-22(21)33-29(36)25-18-7-8-19(12-18)26(25)30(33)37;/h5-8,11-19,23-26H,9-10H2,1-4H3;2*5-10,13-19,23-26H,11-12H2,1-4H3;1H4. The van der Waals surface area contributed by atoms with Gasteiger partial charge in [-0.25, -0.2) is 29.4 Å². The number of fused-ring (bicyclic) bond motifs is 30. The number of anilines is 9. The van der Waals surface area contributed by atoms with Crippen molar-refractivity contribution in [3.05, 3.63) is 128 Å². The number of nitrogens with zero attached hydrogens (tertiary/aromatic N) is 9. The van der Waals surface area contributed by atoms with Crippen molar-refractivity contribution in [1.82, 2.24) is 0 Å². The number of carbonyl (C=O) groups is 12. The second kappa shape index (κ2) is 26.2. The summed E-state index contributed by atoms with van der Waals surface area (Å²) >= 11 is 0. The lowest BCUT2D eigenvalue weighted by molar-refractivity contribution is -0.124. The van der Waals surface area contributed by atoms with Crippen molar-refractivity contribution in [3.8, 4) is 0 Å². The Morgan fingerprint density at radius 3 is 0.705 bits per heavy atom. The fraction of sp³-hybridized carbons (Fsp3) is 0.538. The SMILES string of the molecule is C.CC(C)N(c1cc(N2C(=O)C3C4C=CC(C4)C3C2=O)cc(N2C(=O)C3C4C=CC(C4)C3C2=O)c1)C(C)C.CC(C)N(c1cc(N2C(=O)C3C4C=CC(C4)C3C2=O)ccc1N1C(=O)C2C3C=CC(C3)C2C1=O)C(C)C.CC(C)N(c1ccc(N2C(=O)C3C4C=CC(C4)C3C2=O)cc1N1C(=O)C2C3C=CC(C3)C2C1=O)C(C)C. The van der Waals surface area contributed by atoms with E-state index in [1.54, 1.807) is 30.3 Å². The molecule has 12 bridgehead atoms. The van der Waals surface area contributed by atoms with Gasteiger partial charge in [0.15, 0.2) is 0 Å². The van der Waals surface area contributed by atoms with Crippen LogP contribution in [0.3, 0.4) is 0 Å². The van der Waals surface area contributed by atoms with Crippen LogP contribution >= 0.6 is 0 Å². The van der Waals surface area contributed by atoms with Gasteiger partial charge in [-0.1, -0.05) is 80.3 Å². The van der Waals surface area contributed by atoms with Crippen LogP contribution in [0.4, 0.5) is 51.2 Å². The van der Waals surface area contributed by atoms with Crippen LogP contribution in [0.15, 0.2) is 128 Å². The van der Waals surface area contributed by atoms with E-state index < -0.39 is 0 Å². The van der Waals surface area contributed by atoms with Gasteiger partial charge in [-0.3, -0.25) is 57.5 Å². The van der Waals surface area contributed by atoms with Gasteiger partial charge in [0.1, 0.15) is 0 Å². The maximum Gasteiger partial charge on any atom is 0.238 e. The molecular formula is C91H103N9O12. The lowest BCUT2D eigenvalue weighted by Gasteiger charge is -2.36. The van der Waals surface area contributed by atoms with Crippen LogP contribution in [0.5, 0.6) is 0 Å². The molecule has 0 N–H and O–H groups in total. The summed E-state index contributed by atoms with van der Waals surface area (Å²) in [5, 5.41) is 0. The normalized spacial score (nSPS) is 36.5. The second-order valence-electron chi connectivity index (χ2n) is 36.9. The zero-order valence-electron chi connectivity index (χ0n) is 65.1. The minimum absolute atomic E-state index is 0. The molecule has 0 spiro atoms. The molecule has 12 aliphatic carbocycles. The van der Waals surface area contributed by atoms with Gasteiger partial charge in [0.2, 0.25) is 70.9 Å². The first-order valence-corrected chi connectivity index (χ1v) is 41.2. The summed E-state index contributed by atoms with van der Waals surface area (Å²) in [5.74, 6) is -3.90. The number of amides is 12. The number of hydrogen-bond donors (Lipinski definition) is 0. The van der Waals surface area contributed by atoms with Crippen LogP contribution in [0, 0.1) is 142 Å². The Kier molecular flexibility index (Phi) is 17.3. The number of carbonyl (C=O) groups excluding carboxylic acids is 12. The molecule has 24 unspecified atom stereocenters. The third-order valence-electron chi connectivity index (χ3n) is 29.3. The van der Waals surface area contributed by atoms with Crippen LogP contribution in [-0.2, 0) is 57.5 Å². The predicted octanol–water partition coefficient (Wildman–Crippen LogP) is 12.4. The maximum atomic E-state index is 13.8. The van der Waals surface area contributed by atoms with Crippen molar-refractivity contribution in [2.75, 3.05) is 44.1 Å². The van der Waals surface area contributed by atoms with Gasteiger partial charge in [-0.05, 0) is 247 Å². The summed E-state index contributed by atoms with van der Waals surface area (Å²) < 4.78 is 0. The molecule has 24 atom stereocenters. The minimum atomic E-state index is -0.318. The third kappa shape index (κ3) is 10.3. The first kappa shape index (κ1) is 73.8. The van der Waals surface area contributed by atoms with E-state index in [4.69, 9.17) is 0 Å². The molecule has 21 heteroatoms. The van der Waals surface area contributed by atoms with E-state index in [0.29, 0.717) is 39.8 Å². The largest absolute Gasteiger partial charge is 0.367 e. The molecule has 12 fully saturated rings. The Morgan fingerprint density at radius 2 is 0.446 bits per heavy atom. The van der Waals surface area contributed by atoms with E-state index in [2.05, 4.69) is 171 Å². The molecule has 3 aromatic rings. The topological polar surface area (TPSA) is 234 Å². The van der Waals surface area contributed by atoms with Gasteiger partial charge in [0, 0.05) is 41.9 Å². The van der Waals surface area contributed by atoms with Crippen LogP contribution in [0.25, 0.3) is 0 Å². The van der Waals surface area contributed by atoms with Gasteiger partial charge in [-0.15, -0.1) is 0 Å². The molecular weight excluding hydrogens is 1410 g/mol. The van der Waals surface area contributed by atoms with Crippen LogP contribution in [0.1, 0.15) is 129 Å². The van der Waals surface area contributed by atoms with E-state index in [0.717, 1.165) is 49.9 Å². The molecule has 12 amide bonds. The number of hydrogen-bond acceptors (Lipinski definition) is 15. The molecule has 21 nitrogen and oxygen atoms in total. The van der Waals surface area contributed by atoms with Crippen LogP contribution in [-0.4, -0.2) is 107 Å². The predicted molar refractivity (Wildman–Crippen MR) is 426 cm³/mol. The molecule has 6 heterocycles. The number of imide groups is 6. The zero-order chi connectivity index (χ0) is 77.7. The highest BCUT2D eigenvalue weighted by atomic mass is 16.2.